The first kappa shape index (κ1) is 23.3. The van der Waals surface area contributed by atoms with E-state index in [9.17, 15) is 14.4 Å². The van der Waals surface area contributed by atoms with Gasteiger partial charge in [-0.1, -0.05) is 42.1 Å². The molecule has 0 spiro atoms. The number of hydrogen-bond donors (Lipinski definition) is 2. The maximum Gasteiger partial charge on any atom is 0.266 e. The minimum atomic E-state index is -0.250. The number of aryl methyl sites for hydroxylation is 2. The fraction of sp³-hybridized carbons (Fsp3) is 0.154. The SMILES string of the molecule is CC(=O)Nc1cccc(NC(=O)CSc2nc3ccccc3c(=O)n2-c2cc(C)ccc2C)c1. The molecule has 0 atom stereocenters. The molecule has 1 heterocycles. The van der Waals surface area contributed by atoms with E-state index in [1.807, 2.05) is 44.2 Å². The number of anilines is 2. The van der Waals surface area contributed by atoms with Gasteiger partial charge in [0.2, 0.25) is 11.8 Å². The van der Waals surface area contributed by atoms with E-state index in [-0.39, 0.29) is 23.1 Å². The monoisotopic (exact) mass is 472 g/mol. The molecule has 0 aliphatic heterocycles. The summed E-state index contributed by atoms with van der Waals surface area (Å²) in [7, 11) is 0. The quantitative estimate of drug-likeness (QED) is 0.314. The van der Waals surface area contributed by atoms with Crippen LogP contribution in [0.5, 0.6) is 0 Å². The van der Waals surface area contributed by atoms with Crippen molar-refractivity contribution in [2.75, 3.05) is 16.4 Å². The number of amides is 2. The second-order valence-electron chi connectivity index (χ2n) is 7.94. The summed E-state index contributed by atoms with van der Waals surface area (Å²) in [5.41, 5.74) is 4.27. The predicted molar refractivity (Wildman–Crippen MR) is 137 cm³/mol. The first-order chi connectivity index (χ1) is 16.3. The van der Waals surface area contributed by atoms with Crippen molar-refractivity contribution in [2.24, 2.45) is 0 Å². The van der Waals surface area contributed by atoms with Crippen molar-refractivity contribution in [3.05, 3.63) is 88.2 Å². The average Bonchev–Trinajstić information content (AvgIpc) is 2.79. The number of thioether (sulfide) groups is 1. The lowest BCUT2D eigenvalue weighted by Gasteiger charge is -2.16. The number of benzene rings is 3. The van der Waals surface area contributed by atoms with Crippen LogP contribution in [0.25, 0.3) is 16.6 Å². The number of para-hydroxylation sites is 1. The first-order valence-electron chi connectivity index (χ1n) is 10.7. The maximum atomic E-state index is 13.4. The Hall–Kier alpha value is -3.91. The lowest BCUT2D eigenvalue weighted by Crippen LogP contribution is -2.23. The van der Waals surface area contributed by atoms with E-state index in [0.29, 0.717) is 27.4 Å². The molecule has 172 valence electrons. The Kier molecular flexibility index (Phi) is 6.79. The summed E-state index contributed by atoms with van der Waals surface area (Å²) in [6, 6.07) is 20.0. The van der Waals surface area contributed by atoms with Gasteiger partial charge in [-0.05, 0) is 61.4 Å². The lowest BCUT2D eigenvalue weighted by atomic mass is 10.1. The van der Waals surface area contributed by atoms with Gasteiger partial charge in [0, 0.05) is 18.3 Å². The Bertz CT molecular complexity index is 1460. The number of carbonyl (C=O) groups excluding carboxylic acids is 2. The molecule has 0 unspecified atom stereocenters. The van der Waals surface area contributed by atoms with Crippen molar-refractivity contribution in [1.82, 2.24) is 9.55 Å². The number of carbonyl (C=O) groups is 2. The molecule has 2 N–H and O–H groups in total. The molecule has 1 aromatic heterocycles. The van der Waals surface area contributed by atoms with E-state index in [0.717, 1.165) is 16.8 Å². The highest BCUT2D eigenvalue weighted by Gasteiger charge is 2.16. The minimum absolute atomic E-state index is 0.0556. The molecule has 7 nitrogen and oxygen atoms in total. The number of nitrogens with one attached hydrogen (secondary N) is 2. The van der Waals surface area contributed by atoms with Gasteiger partial charge in [-0.2, -0.15) is 0 Å². The highest BCUT2D eigenvalue weighted by atomic mass is 32.2. The van der Waals surface area contributed by atoms with Gasteiger partial charge in [0.1, 0.15) is 0 Å². The number of fused-ring (bicyclic) bond motifs is 1. The van der Waals surface area contributed by atoms with Gasteiger partial charge in [0.25, 0.3) is 5.56 Å². The first-order valence-corrected chi connectivity index (χ1v) is 11.7. The third kappa shape index (κ3) is 5.18. The van der Waals surface area contributed by atoms with Crippen molar-refractivity contribution in [3.8, 4) is 5.69 Å². The average molecular weight is 473 g/mol. The van der Waals surface area contributed by atoms with Crippen LogP contribution in [0, 0.1) is 13.8 Å². The number of nitrogens with zero attached hydrogens (tertiary/aromatic N) is 2. The van der Waals surface area contributed by atoms with Crippen LogP contribution < -0.4 is 16.2 Å². The molecule has 0 saturated heterocycles. The van der Waals surface area contributed by atoms with Crippen molar-refractivity contribution in [1.29, 1.82) is 0 Å². The molecular weight excluding hydrogens is 448 g/mol. The summed E-state index contributed by atoms with van der Waals surface area (Å²) in [6.07, 6.45) is 0. The zero-order valence-corrected chi connectivity index (χ0v) is 19.9. The second-order valence-corrected chi connectivity index (χ2v) is 8.88. The molecule has 0 bridgehead atoms. The summed E-state index contributed by atoms with van der Waals surface area (Å²) < 4.78 is 1.58. The fourth-order valence-corrected chi connectivity index (χ4v) is 4.39. The fourth-order valence-electron chi connectivity index (χ4n) is 3.59. The molecular formula is C26H24N4O3S. The Labute approximate surface area is 201 Å². The van der Waals surface area contributed by atoms with Gasteiger partial charge >= 0.3 is 0 Å². The molecule has 0 saturated carbocycles. The van der Waals surface area contributed by atoms with E-state index in [4.69, 9.17) is 4.98 Å². The van der Waals surface area contributed by atoms with E-state index in [2.05, 4.69) is 10.6 Å². The van der Waals surface area contributed by atoms with Crippen LogP contribution in [0.1, 0.15) is 18.1 Å². The third-order valence-electron chi connectivity index (χ3n) is 5.15. The van der Waals surface area contributed by atoms with Crippen LogP contribution in [0.2, 0.25) is 0 Å². The molecule has 3 aromatic carbocycles. The summed E-state index contributed by atoms with van der Waals surface area (Å²) in [5, 5.41) is 6.49. The number of aromatic nitrogens is 2. The van der Waals surface area contributed by atoms with Crippen LogP contribution in [0.4, 0.5) is 11.4 Å². The molecule has 4 aromatic rings. The van der Waals surface area contributed by atoms with E-state index >= 15 is 0 Å². The molecule has 0 radical (unpaired) electrons. The Balaban J connectivity index is 1.64. The van der Waals surface area contributed by atoms with E-state index in [1.54, 1.807) is 41.0 Å². The Morgan fingerprint density at radius 2 is 1.68 bits per heavy atom. The van der Waals surface area contributed by atoms with Gasteiger partial charge in [0.15, 0.2) is 5.16 Å². The van der Waals surface area contributed by atoms with E-state index < -0.39 is 0 Å². The summed E-state index contributed by atoms with van der Waals surface area (Å²) in [6.45, 7) is 5.34. The van der Waals surface area contributed by atoms with Gasteiger partial charge < -0.3 is 10.6 Å². The maximum absolute atomic E-state index is 13.4. The Morgan fingerprint density at radius 1 is 0.941 bits per heavy atom. The van der Waals surface area contributed by atoms with Crippen LogP contribution in [0.15, 0.2) is 76.7 Å². The molecule has 34 heavy (non-hydrogen) atoms. The highest BCUT2D eigenvalue weighted by Crippen LogP contribution is 2.24. The van der Waals surface area contributed by atoms with Gasteiger partial charge in [0.05, 0.1) is 22.3 Å². The van der Waals surface area contributed by atoms with Crippen LogP contribution >= 0.6 is 11.8 Å². The normalized spacial score (nSPS) is 10.8. The molecule has 2 amide bonds. The lowest BCUT2D eigenvalue weighted by molar-refractivity contribution is -0.114. The molecule has 4 rings (SSSR count). The predicted octanol–water partition coefficient (Wildman–Crippen LogP) is 4.69. The van der Waals surface area contributed by atoms with E-state index in [1.165, 1.54) is 18.7 Å². The molecule has 0 aliphatic carbocycles. The topological polar surface area (TPSA) is 93.1 Å². The minimum Gasteiger partial charge on any atom is -0.326 e. The smallest absolute Gasteiger partial charge is 0.266 e. The Morgan fingerprint density at radius 3 is 2.44 bits per heavy atom. The molecule has 0 fully saturated rings. The zero-order valence-electron chi connectivity index (χ0n) is 19.1. The second kappa shape index (κ2) is 9.93. The van der Waals surface area contributed by atoms with Crippen molar-refractivity contribution < 1.29 is 9.59 Å². The van der Waals surface area contributed by atoms with Crippen molar-refractivity contribution >= 4 is 45.9 Å². The molecule has 8 heteroatoms. The summed E-state index contributed by atoms with van der Waals surface area (Å²) in [4.78, 5) is 42.1. The zero-order chi connectivity index (χ0) is 24.2. The largest absolute Gasteiger partial charge is 0.326 e. The van der Waals surface area contributed by atoms with Crippen molar-refractivity contribution in [2.45, 2.75) is 25.9 Å². The number of rotatable bonds is 6. The van der Waals surface area contributed by atoms with Gasteiger partial charge in [-0.15, -0.1) is 0 Å². The van der Waals surface area contributed by atoms with Crippen LogP contribution in [-0.4, -0.2) is 27.1 Å². The summed E-state index contributed by atoms with van der Waals surface area (Å²) >= 11 is 1.20. The van der Waals surface area contributed by atoms with Gasteiger partial charge in [-0.3, -0.25) is 19.0 Å². The van der Waals surface area contributed by atoms with Crippen LogP contribution in [0.3, 0.4) is 0 Å². The van der Waals surface area contributed by atoms with Crippen LogP contribution in [-0.2, 0) is 9.59 Å². The third-order valence-corrected chi connectivity index (χ3v) is 6.09. The standard InChI is InChI=1S/C26H24N4O3S/c1-16-11-12-17(2)23(13-16)30-25(33)21-9-4-5-10-22(21)29-26(30)34-15-24(32)28-20-8-6-7-19(14-20)27-18(3)31/h4-14H,15H2,1-3H3,(H,27,31)(H,28,32). The highest BCUT2D eigenvalue weighted by molar-refractivity contribution is 7.99. The number of hydrogen-bond acceptors (Lipinski definition) is 5. The molecule has 0 aliphatic rings. The van der Waals surface area contributed by atoms with Gasteiger partial charge in [-0.25, -0.2) is 4.98 Å². The summed E-state index contributed by atoms with van der Waals surface area (Å²) in [5.74, 6) is -0.384. The van der Waals surface area contributed by atoms with Crippen molar-refractivity contribution in [3.63, 3.8) is 0 Å².